The molecule has 3 heteroatoms. The van der Waals surface area contributed by atoms with Crippen LogP contribution in [0.4, 0.5) is 0 Å². The van der Waals surface area contributed by atoms with Gasteiger partial charge in [0.25, 0.3) is 0 Å². The van der Waals surface area contributed by atoms with E-state index in [1.165, 1.54) is 5.56 Å². The molecule has 1 aromatic carbocycles. The molecule has 0 saturated carbocycles. The van der Waals surface area contributed by atoms with E-state index >= 15 is 0 Å². The van der Waals surface area contributed by atoms with Crippen LogP contribution in [0.15, 0.2) is 36.5 Å². The van der Waals surface area contributed by atoms with Crippen molar-refractivity contribution >= 4 is 5.97 Å². The van der Waals surface area contributed by atoms with E-state index in [1.807, 2.05) is 19.2 Å². The largest absolute Gasteiger partial charge is 0.478 e. The Balaban J connectivity index is 2.07. The van der Waals surface area contributed by atoms with Gasteiger partial charge >= 0.3 is 5.97 Å². The molecule has 2 aromatic rings. The number of aromatic carboxylic acids is 1. The molecule has 1 aliphatic carbocycles. The minimum absolute atomic E-state index is 0.231. The van der Waals surface area contributed by atoms with Crippen molar-refractivity contribution in [3.8, 4) is 0 Å². The Morgan fingerprint density at radius 1 is 1.37 bits per heavy atom. The third-order valence-electron chi connectivity index (χ3n) is 3.71. The molecule has 1 aliphatic rings. The Morgan fingerprint density at radius 3 is 3.00 bits per heavy atom. The number of carboxylic acid groups (broad SMARTS) is 1. The molecule has 0 aliphatic heterocycles. The van der Waals surface area contributed by atoms with E-state index in [-0.39, 0.29) is 5.92 Å². The maximum absolute atomic E-state index is 11.2. The first-order chi connectivity index (χ1) is 9.15. The van der Waals surface area contributed by atoms with E-state index in [0.717, 1.165) is 29.7 Å². The number of hydrogen-bond donors (Lipinski definition) is 1. The fraction of sp³-hybridized carbons (Fsp3) is 0.250. The molecule has 1 heterocycles. The molecule has 1 unspecified atom stereocenters. The Kier molecular flexibility index (Phi) is 2.82. The van der Waals surface area contributed by atoms with Gasteiger partial charge in [0.1, 0.15) is 0 Å². The molecule has 1 aromatic heterocycles. The number of rotatable bonds is 2. The Labute approximate surface area is 111 Å². The highest BCUT2D eigenvalue weighted by atomic mass is 16.4. The van der Waals surface area contributed by atoms with E-state index in [4.69, 9.17) is 5.11 Å². The summed E-state index contributed by atoms with van der Waals surface area (Å²) in [6.45, 7) is 1.93. The molecule has 0 fully saturated rings. The number of carbonyl (C=O) groups is 1. The fourth-order valence-electron chi connectivity index (χ4n) is 2.87. The first kappa shape index (κ1) is 11.9. The third-order valence-corrected chi connectivity index (χ3v) is 3.71. The molecule has 0 amide bonds. The Hall–Kier alpha value is -2.16. The zero-order valence-corrected chi connectivity index (χ0v) is 10.8. The average Bonchev–Trinajstić information content (AvgIpc) is 2.81. The zero-order chi connectivity index (χ0) is 13.4. The lowest BCUT2D eigenvalue weighted by molar-refractivity contribution is 0.0696. The second-order valence-corrected chi connectivity index (χ2v) is 5.08. The Morgan fingerprint density at radius 2 is 2.21 bits per heavy atom. The van der Waals surface area contributed by atoms with Gasteiger partial charge in [-0.15, -0.1) is 0 Å². The van der Waals surface area contributed by atoms with Crippen molar-refractivity contribution < 1.29 is 9.90 Å². The zero-order valence-electron chi connectivity index (χ0n) is 10.8. The van der Waals surface area contributed by atoms with Gasteiger partial charge in [0.05, 0.1) is 11.3 Å². The highest BCUT2D eigenvalue weighted by Gasteiger charge is 2.25. The number of benzene rings is 1. The third kappa shape index (κ3) is 2.12. The summed E-state index contributed by atoms with van der Waals surface area (Å²) in [4.78, 5) is 15.6. The first-order valence-corrected chi connectivity index (χ1v) is 6.44. The maximum Gasteiger partial charge on any atom is 0.335 e. The number of fused-ring (bicyclic) bond motifs is 1. The van der Waals surface area contributed by atoms with Crippen LogP contribution < -0.4 is 0 Å². The number of carboxylic acids is 1. The van der Waals surface area contributed by atoms with Gasteiger partial charge < -0.3 is 5.11 Å². The van der Waals surface area contributed by atoms with Gasteiger partial charge in [-0.25, -0.2) is 4.79 Å². The lowest BCUT2D eigenvalue weighted by Gasteiger charge is -2.13. The maximum atomic E-state index is 11.2. The van der Waals surface area contributed by atoms with Crippen molar-refractivity contribution in [3.63, 3.8) is 0 Å². The van der Waals surface area contributed by atoms with Crippen LogP contribution >= 0.6 is 0 Å². The predicted molar refractivity (Wildman–Crippen MR) is 72.5 cm³/mol. The van der Waals surface area contributed by atoms with Crippen molar-refractivity contribution in [2.24, 2.45) is 0 Å². The summed E-state index contributed by atoms with van der Waals surface area (Å²) in [5.41, 5.74) is 4.80. The number of nitrogens with zero attached hydrogens (tertiary/aromatic N) is 1. The molecule has 0 spiro atoms. The van der Waals surface area contributed by atoms with E-state index in [2.05, 4.69) is 17.1 Å². The van der Waals surface area contributed by atoms with Gasteiger partial charge in [-0.3, -0.25) is 4.98 Å². The number of pyridine rings is 1. The smallest absolute Gasteiger partial charge is 0.335 e. The van der Waals surface area contributed by atoms with Crippen LogP contribution in [-0.2, 0) is 6.42 Å². The van der Waals surface area contributed by atoms with Gasteiger partial charge in [0.2, 0.25) is 0 Å². The van der Waals surface area contributed by atoms with Crippen molar-refractivity contribution in [1.29, 1.82) is 0 Å². The average molecular weight is 253 g/mol. The minimum Gasteiger partial charge on any atom is -0.478 e. The predicted octanol–water partition coefficient (Wildman–Crippen LogP) is 3.17. The van der Waals surface area contributed by atoms with Crippen LogP contribution in [-0.4, -0.2) is 16.1 Å². The monoisotopic (exact) mass is 253 g/mol. The number of aryl methyl sites for hydroxylation is 2. The molecule has 1 N–H and O–H groups in total. The van der Waals surface area contributed by atoms with Crippen LogP contribution in [0.25, 0.3) is 0 Å². The van der Waals surface area contributed by atoms with Crippen molar-refractivity contribution in [3.05, 3.63) is 64.5 Å². The van der Waals surface area contributed by atoms with Gasteiger partial charge in [0, 0.05) is 12.1 Å². The van der Waals surface area contributed by atoms with E-state index in [0.29, 0.717) is 5.56 Å². The van der Waals surface area contributed by atoms with Crippen LogP contribution in [0.3, 0.4) is 0 Å². The van der Waals surface area contributed by atoms with Crippen LogP contribution in [0, 0.1) is 6.92 Å². The number of aromatic nitrogens is 1. The minimum atomic E-state index is -0.871. The first-order valence-electron chi connectivity index (χ1n) is 6.44. The summed E-state index contributed by atoms with van der Waals surface area (Å²) < 4.78 is 0. The fourth-order valence-corrected chi connectivity index (χ4v) is 2.87. The second kappa shape index (κ2) is 4.50. The molecule has 3 rings (SSSR count). The van der Waals surface area contributed by atoms with E-state index < -0.39 is 5.97 Å². The molecular weight excluding hydrogens is 238 g/mol. The SMILES string of the molecule is Cc1cc(C(=O)O)cc(C2CCc3cccnc32)c1. The van der Waals surface area contributed by atoms with Gasteiger partial charge in [-0.1, -0.05) is 12.1 Å². The standard InChI is InChI=1S/C16H15NO2/c1-10-7-12(9-13(8-10)16(18)19)14-5-4-11-3-2-6-17-15(11)14/h2-3,6-9,14H,4-5H2,1H3,(H,18,19). The molecule has 19 heavy (non-hydrogen) atoms. The highest BCUT2D eigenvalue weighted by molar-refractivity contribution is 5.88. The highest BCUT2D eigenvalue weighted by Crippen LogP contribution is 2.37. The molecule has 96 valence electrons. The normalized spacial score (nSPS) is 17.2. The lowest BCUT2D eigenvalue weighted by atomic mass is 9.93. The molecular formula is C16H15NO2. The summed E-state index contributed by atoms with van der Waals surface area (Å²) in [5.74, 6) is -0.640. The lowest BCUT2D eigenvalue weighted by Crippen LogP contribution is -2.03. The summed E-state index contributed by atoms with van der Waals surface area (Å²) in [6.07, 6.45) is 3.84. The summed E-state index contributed by atoms with van der Waals surface area (Å²) in [5, 5.41) is 9.16. The molecule has 3 nitrogen and oxygen atoms in total. The van der Waals surface area contributed by atoms with Crippen LogP contribution in [0.1, 0.15) is 45.1 Å². The molecule has 0 bridgehead atoms. The van der Waals surface area contributed by atoms with E-state index in [1.54, 1.807) is 12.1 Å². The topological polar surface area (TPSA) is 50.2 Å². The molecule has 0 radical (unpaired) electrons. The summed E-state index contributed by atoms with van der Waals surface area (Å²) >= 11 is 0. The second-order valence-electron chi connectivity index (χ2n) is 5.08. The van der Waals surface area contributed by atoms with Crippen molar-refractivity contribution in [2.45, 2.75) is 25.7 Å². The number of hydrogen-bond acceptors (Lipinski definition) is 2. The van der Waals surface area contributed by atoms with Crippen LogP contribution in [0.5, 0.6) is 0 Å². The van der Waals surface area contributed by atoms with Crippen LogP contribution in [0.2, 0.25) is 0 Å². The summed E-state index contributed by atoms with van der Waals surface area (Å²) in [6, 6.07) is 9.63. The van der Waals surface area contributed by atoms with Crippen molar-refractivity contribution in [1.82, 2.24) is 4.98 Å². The quantitative estimate of drug-likeness (QED) is 0.894. The van der Waals surface area contributed by atoms with E-state index in [9.17, 15) is 4.79 Å². The van der Waals surface area contributed by atoms with Crippen molar-refractivity contribution in [2.75, 3.05) is 0 Å². The van der Waals surface area contributed by atoms with Gasteiger partial charge in [0.15, 0.2) is 0 Å². The van der Waals surface area contributed by atoms with Gasteiger partial charge in [-0.2, -0.15) is 0 Å². The molecule has 0 saturated heterocycles. The summed E-state index contributed by atoms with van der Waals surface area (Å²) in [7, 11) is 0. The van der Waals surface area contributed by atoms with Gasteiger partial charge in [-0.05, 0) is 54.7 Å². The Bertz CT molecular complexity index is 649. The molecule has 1 atom stereocenters.